The van der Waals surface area contributed by atoms with Crippen LogP contribution in [0.25, 0.3) is 0 Å². The largest absolute Gasteiger partial charge is 0.349 e. The molecule has 1 aromatic rings. The number of hydrogen-bond donors (Lipinski definition) is 1. The number of nitrogens with zero attached hydrogens (tertiary/aromatic N) is 1. The summed E-state index contributed by atoms with van der Waals surface area (Å²) in [5.41, 5.74) is -0.194. The molecular formula is C14H16Cl2N2O3. The van der Waals surface area contributed by atoms with Gasteiger partial charge in [0.25, 0.3) is 11.6 Å². The minimum Gasteiger partial charge on any atom is -0.349 e. The van der Waals surface area contributed by atoms with Gasteiger partial charge in [-0.2, -0.15) is 0 Å². The van der Waals surface area contributed by atoms with Crippen molar-refractivity contribution in [2.24, 2.45) is 5.92 Å². The van der Waals surface area contributed by atoms with Gasteiger partial charge in [-0.05, 0) is 18.8 Å². The fraction of sp³-hybridized carbons (Fsp3) is 0.500. The predicted octanol–water partition coefficient (Wildman–Crippen LogP) is 4.21. The van der Waals surface area contributed by atoms with Crippen molar-refractivity contribution >= 4 is 34.8 Å². The SMILES string of the molecule is CC1CCCC(NC(=O)c2cc([N+](=O)[O-])cc(Cl)c2Cl)C1. The Morgan fingerprint density at radius 1 is 1.38 bits per heavy atom. The average molecular weight is 331 g/mol. The maximum atomic E-state index is 12.3. The van der Waals surface area contributed by atoms with Crippen molar-refractivity contribution in [1.82, 2.24) is 5.32 Å². The van der Waals surface area contributed by atoms with E-state index in [9.17, 15) is 14.9 Å². The Kier molecular flexibility index (Phi) is 5.06. The highest BCUT2D eigenvalue weighted by molar-refractivity contribution is 6.44. The molecule has 0 aliphatic heterocycles. The minimum absolute atomic E-state index is 0.00743. The van der Waals surface area contributed by atoms with Crippen molar-refractivity contribution in [3.63, 3.8) is 0 Å². The third-order valence-corrected chi connectivity index (χ3v) is 4.54. The van der Waals surface area contributed by atoms with Gasteiger partial charge in [0.15, 0.2) is 0 Å². The van der Waals surface area contributed by atoms with Crippen LogP contribution in [-0.4, -0.2) is 16.9 Å². The average Bonchev–Trinajstić information content (AvgIpc) is 2.41. The molecule has 1 N–H and O–H groups in total. The second-order valence-corrected chi connectivity index (χ2v) is 6.27. The van der Waals surface area contributed by atoms with Crippen LogP contribution in [0, 0.1) is 16.0 Å². The second kappa shape index (κ2) is 6.62. The lowest BCUT2D eigenvalue weighted by Crippen LogP contribution is -2.38. The van der Waals surface area contributed by atoms with Crippen molar-refractivity contribution in [3.05, 3.63) is 37.9 Å². The number of carbonyl (C=O) groups is 1. The van der Waals surface area contributed by atoms with Crippen molar-refractivity contribution in [2.45, 2.75) is 38.6 Å². The second-order valence-electron chi connectivity index (χ2n) is 5.49. The van der Waals surface area contributed by atoms with E-state index < -0.39 is 10.8 Å². The van der Waals surface area contributed by atoms with E-state index in [0.717, 1.165) is 37.8 Å². The zero-order valence-electron chi connectivity index (χ0n) is 11.6. The fourth-order valence-electron chi connectivity index (χ4n) is 2.67. The molecule has 0 spiro atoms. The van der Waals surface area contributed by atoms with E-state index in [1.54, 1.807) is 0 Å². The van der Waals surface area contributed by atoms with Gasteiger partial charge in [0, 0.05) is 18.2 Å². The zero-order chi connectivity index (χ0) is 15.6. The highest BCUT2D eigenvalue weighted by atomic mass is 35.5. The Labute approximate surface area is 132 Å². The van der Waals surface area contributed by atoms with Gasteiger partial charge >= 0.3 is 0 Å². The van der Waals surface area contributed by atoms with E-state index in [2.05, 4.69) is 12.2 Å². The fourth-order valence-corrected chi connectivity index (χ4v) is 3.08. The topological polar surface area (TPSA) is 72.2 Å². The first kappa shape index (κ1) is 16.0. The molecule has 1 fully saturated rings. The highest BCUT2D eigenvalue weighted by Gasteiger charge is 2.24. The van der Waals surface area contributed by atoms with E-state index in [1.807, 2.05) is 0 Å². The van der Waals surface area contributed by atoms with Crippen molar-refractivity contribution in [2.75, 3.05) is 0 Å². The predicted molar refractivity (Wildman–Crippen MR) is 82.0 cm³/mol. The summed E-state index contributed by atoms with van der Waals surface area (Å²) in [5.74, 6) is 0.151. The Morgan fingerprint density at radius 3 is 2.71 bits per heavy atom. The number of carbonyl (C=O) groups excluding carboxylic acids is 1. The molecule has 114 valence electrons. The van der Waals surface area contributed by atoms with E-state index >= 15 is 0 Å². The molecule has 1 aromatic carbocycles. The number of halogens is 2. The lowest BCUT2D eigenvalue weighted by molar-refractivity contribution is -0.384. The van der Waals surface area contributed by atoms with E-state index in [-0.39, 0.29) is 27.3 Å². The lowest BCUT2D eigenvalue weighted by atomic mass is 9.87. The van der Waals surface area contributed by atoms with Crippen LogP contribution < -0.4 is 5.32 Å². The van der Waals surface area contributed by atoms with Crippen molar-refractivity contribution < 1.29 is 9.72 Å². The summed E-state index contributed by atoms with van der Waals surface area (Å²) >= 11 is 11.9. The van der Waals surface area contributed by atoms with Crippen LogP contribution in [0.5, 0.6) is 0 Å². The van der Waals surface area contributed by atoms with Crippen molar-refractivity contribution in [1.29, 1.82) is 0 Å². The van der Waals surface area contributed by atoms with Gasteiger partial charge in [-0.1, -0.05) is 43.0 Å². The molecule has 7 heteroatoms. The first-order valence-corrected chi connectivity index (χ1v) is 7.58. The van der Waals surface area contributed by atoms with Crippen LogP contribution in [-0.2, 0) is 0 Å². The molecule has 1 saturated carbocycles. The molecule has 2 atom stereocenters. The van der Waals surface area contributed by atoms with E-state index in [4.69, 9.17) is 23.2 Å². The van der Waals surface area contributed by atoms with E-state index in [0.29, 0.717) is 5.92 Å². The smallest absolute Gasteiger partial charge is 0.271 e. The number of hydrogen-bond acceptors (Lipinski definition) is 3. The van der Waals surface area contributed by atoms with Crippen LogP contribution in [0.3, 0.4) is 0 Å². The van der Waals surface area contributed by atoms with E-state index in [1.165, 1.54) is 0 Å². The van der Waals surface area contributed by atoms with Crippen LogP contribution in [0.1, 0.15) is 43.0 Å². The Balaban J connectivity index is 2.20. The molecule has 5 nitrogen and oxygen atoms in total. The molecule has 21 heavy (non-hydrogen) atoms. The summed E-state index contributed by atoms with van der Waals surface area (Å²) in [4.78, 5) is 22.5. The third kappa shape index (κ3) is 3.86. The summed E-state index contributed by atoms with van der Waals surface area (Å²) in [6.45, 7) is 2.15. The first-order chi connectivity index (χ1) is 9.88. The number of amides is 1. The molecule has 2 unspecified atom stereocenters. The molecule has 0 saturated heterocycles. The van der Waals surface area contributed by atoms with Crippen molar-refractivity contribution in [3.8, 4) is 0 Å². The summed E-state index contributed by atoms with van der Waals surface area (Å²) in [6.07, 6.45) is 4.05. The normalized spacial score (nSPS) is 21.9. The summed E-state index contributed by atoms with van der Waals surface area (Å²) in [6, 6.07) is 2.38. The molecule has 0 radical (unpaired) electrons. The van der Waals surface area contributed by atoms with Crippen LogP contribution in [0.2, 0.25) is 10.0 Å². The third-order valence-electron chi connectivity index (χ3n) is 3.74. The van der Waals surface area contributed by atoms with Gasteiger partial charge in [0.05, 0.1) is 20.5 Å². The number of benzene rings is 1. The van der Waals surface area contributed by atoms with Crippen LogP contribution in [0.15, 0.2) is 12.1 Å². The number of nitro groups is 1. The van der Waals surface area contributed by atoms with Gasteiger partial charge in [0.1, 0.15) is 0 Å². The maximum Gasteiger partial charge on any atom is 0.271 e. The molecule has 1 aliphatic carbocycles. The molecule has 1 amide bonds. The quantitative estimate of drug-likeness (QED) is 0.666. The zero-order valence-corrected chi connectivity index (χ0v) is 13.1. The Bertz CT molecular complexity index is 578. The van der Waals surface area contributed by atoms with Gasteiger partial charge < -0.3 is 5.32 Å². The first-order valence-electron chi connectivity index (χ1n) is 6.82. The number of non-ortho nitro benzene ring substituents is 1. The molecule has 0 bridgehead atoms. The van der Waals surface area contributed by atoms with Gasteiger partial charge in [-0.25, -0.2) is 0 Å². The van der Waals surface area contributed by atoms with Gasteiger partial charge in [0.2, 0.25) is 0 Å². The molecular weight excluding hydrogens is 315 g/mol. The maximum absolute atomic E-state index is 12.3. The number of nitro benzene ring substituents is 1. The minimum atomic E-state index is -0.596. The van der Waals surface area contributed by atoms with Crippen LogP contribution >= 0.6 is 23.2 Å². The summed E-state index contributed by atoms with van der Waals surface area (Å²) in [5, 5.41) is 13.8. The standard InChI is InChI=1S/C14H16Cl2N2O3/c1-8-3-2-4-9(5-8)17-14(19)11-6-10(18(20)21)7-12(15)13(11)16/h6-9H,2-5H2,1H3,(H,17,19). The lowest BCUT2D eigenvalue weighted by Gasteiger charge is -2.27. The number of nitrogens with one attached hydrogen (secondary N) is 1. The number of rotatable bonds is 3. The summed E-state index contributed by atoms with van der Waals surface area (Å²) < 4.78 is 0. The molecule has 0 aromatic heterocycles. The van der Waals surface area contributed by atoms with Gasteiger partial charge in [-0.15, -0.1) is 0 Å². The van der Waals surface area contributed by atoms with Gasteiger partial charge in [-0.3, -0.25) is 14.9 Å². The monoisotopic (exact) mass is 330 g/mol. The molecule has 0 heterocycles. The highest BCUT2D eigenvalue weighted by Crippen LogP contribution is 2.31. The van der Waals surface area contributed by atoms with Crippen LogP contribution in [0.4, 0.5) is 5.69 Å². The summed E-state index contributed by atoms with van der Waals surface area (Å²) in [7, 11) is 0. The Hall–Kier alpha value is -1.33. The molecule has 2 rings (SSSR count). The Morgan fingerprint density at radius 2 is 2.10 bits per heavy atom. The molecule has 1 aliphatic rings.